The lowest BCUT2D eigenvalue weighted by Crippen LogP contribution is -2.67. The predicted octanol–water partition coefficient (Wildman–Crippen LogP) is 2.84. The molecule has 60 heavy (non-hydrogen) atoms. The number of esters is 1. The second-order valence-electron chi connectivity index (χ2n) is 20.3. The fraction of sp³-hybridized carbons (Fsp3) is 0.932. The van der Waals surface area contributed by atoms with E-state index in [4.69, 9.17) is 33.2 Å². The molecular formula is C44H71NO14S. The number of carbonyl (C=O) groups excluding carboxylic acids is 1. The molecule has 4 aliphatic carbocycles. The quantitative estimate of drug-likeness (QED) is 0.185. The van der Waals surface area contributed by atoms with E-state index >= 15 is 0 Å². The normalized spacial score (nSPS) is 50.2. The average molecular weight is 870 g/mol. The molecule has 0 aromatic carbocycles. The zero-order chi connectivity index (χ0) is 42.9. The van der Waals surface area contributed by atoms with Gasteiger partial charge in [0.15, 0.2) is 18.9 Å². The van der Waals surface area contributed by atoms with E-state index in [1.54, 1.807) is 6.08 Å². The minimum absolute atomic E-state index is 0.0448. The Kier molecular flexibility index (Phi) is 13.0. The van der Waals surface area contributed by atoms with E-state index in [0.29, 0.717) is 44.8 Å². The molecule has 4 aliphatic heterocycles. The first kappa shape index (κ1) is 45.3. The number of hydrogen-bond donors (Lipinski definition) is 4. The van der Waals surface area contributed by atoms with Gasteiger partial charge >= 0.3 is 5.97 Å². The molecule has 8 aliphatic rings. The third kappa shape index (κ3) is 8.65. The van der Waals surface area contributed by atoms with Crippen LogP contribution >= 0.6 is 0 Å². The van der Waals surface area contributed by atoms with Gasteiger partial charge in [0.2, 0.25) is 0 Å². The lowest BCUT2D eigenvalue weighted by molar-refractivity contribution is -0.329. The highest BCUT2D eigenvalue weighted by Crippen LogP contribution is 2.70. The molecule has 15 nitrogen and oxygen atoms in total. The van der Waals surface area contributed by atoms with Crippen molar-refractivity contribution in [2.24, 2.45) is 34.5 Å². The highest BCUT2D eigenvalue weighted by molar-refractivity contribution is 7.90. The van der Waals surface area contributed by atoms with Gasteiger partial charge < -0.3 is 53.6 Å². The van der Waals surface area contributed by atoms with Crippen molar-refractivity contribution in [3.05, 3.63) is 11.6 Å². The lowest BCUT2D eigenvalue weighted by Gasteiger charge is -2.65. The van der Waals surface area contributed by atoms with Gasteiger partial charge in [-0.3, -0.25) is 4.90 Å². The Bertz CT molecular complexity index is 1680. The fourth-order valence-electron chi connectivity index (χ4n) is 13.4. The lowest BCUT2D eigenvalue weighted by atomic mass is 9.42. The Hall–Kier alpha value is -1.28. The van der Waals surface area contributed by atoms with E-state index in [9.17, 15) is 33.6 Å². The smallest absolute Gasteiger partial charge is 0.331 e. The average Bonchev–Trinajstić information content (AvgIpc) is 3.65. The van der Waals surface area contributed by atoms with Crippen LogP contribution in [0.4, 0.5) is 0 Å². The molecule has 8 rings (SSSR count). The van der Waals surface area contributed by atoms with Crippen LogP contribution in [0.25, 0.3) is 0 Å². The van der Waals surface area contributed by atoms with Crippen molar-refractivity contribution < 1.29 is 66.8 Å². The Morgan fingerprint density at radius 3 is 2.12 bits per heavy atom. The summed E-state index contributed by atoms with van der Waals surface area (Å²) in [6.45, 7) is 11.9. The number of aliphatic hydroxyl groups excluding tert-OH is 3. The van der Waals surface area contributed by atoms with Crippen molar-refractivity contribution in [3.8, 4) is 0 Å². The predicted molar refractivity (Wildman–Crippen MR) is 217 cm³/mol. The molecule has 0 amide bonds. The third-order valence-electron chi connectivity index (χ3n) is 16.6. The molecule has 0 spiro atoms. The first-order valence-corrected chi connectivity index (χ1v) is 24.8. The molecule has 2 unspecified atom stereocenters. The molecule has 0 bridgehead atoms. The standard InChI is InChI=1S/C44H71NO14S/c1-24-22-45(15-16-60(6,51)52)14-11-37(54-24)58-40-25(2)56-39(21-34(40)47)59-41-26(3)55-38(20-33(41)46)57-29-9-12-42(4)28(18-29)7-8-31-32(42)19-35(48)43(5)30(10-13-44(31,43)50)27-17-36(49)53-23-27/h17,24-26,28-35,37-41,46-48,50H,7-16,18-23H2,1-6H3/t24?,25-,26-,28-,29+,30-,31-,32+,33+,34+,35-,37?,38-,39+,40-,41+,42+,43+,44+/m1/s1. The maximum absolute atomic E-state index is 12.6. The summed E-state index contributed by atoms with van der Waals surface area (Å²) in [5, 5.41) is 47.1. The van der Waals surface area contributed by atoms with E-state index in [-0.39, 0.29) is 66.5 Å². The third-order valence-corrected chi connectivity index (χ3v) is 17.6. The Balaban J connectivity index is 0.813. The highest BCUT2D eigenvalue weighted by Gasteiger charge is 2.71. The van der Waals surface area contributed by atoms with Crippen molar-refractivity contribution in [2.45, 2.75) is 185 Å². The van der Waals surface area contributed by atoms with Gasteiger partial charge in [0.25, 0.3) is 0 Å². The Morgan fingerprint density at radius 1 is 0.817 bits per heavy atom. The van der Waals surface area contributed by atoms with Gasteiger partial charge in [-0.05, 0) is 107 Å². The first-order valence-electron chi connectivity index (χ1n) is 22.7. The minimum atomic E-state index is -3.08. The van der Waals surface area contributed by atoms with Crippen LogP contribution in [0.15, 0.2) is 11.6 Å². The van der Waals surface area contributed by atoms with Crippen LogP contribution in [-0.4, -0.2) is 157 Å². The number of hydrogen-bond acceptors (Lipinski definition) is 15. The number of sulfone groups is 1. The van der Waals surface area contributed by atoms with Crippen LogP contribution in [0.5, 0.6) is 0 Å². The number of rotatable bonds is 10. The molecule has 4 heterocycles. The maximum Gasteiger partial charge on any atom is 0.331 e. The fourth-order valence-corrected chi connectivity index (χ4v) is 14.0. The molecule has 342 valence electrons. The van der Waals surface area contributed by atoms with Crippen molar-refractivity contribution >= 4 is 15.8 Å². The molecule has 0 aromatic heterocycles. The molecule has 4 saturated carbocycles. The number of fused-ring (bicyclic) bond motifs is 5. The van der Waals surface area contributed by atoms with Gasteiger partial charge in [0, 0.05) is 56.6 Å². The molecule has 4 N–H and O–H groups in total. The molecule has 0 aromatic rings. The monoisotopic (exact) mass is 869 g/mol. The van der Waals surface area contributed by atoms with Crippen LogP contribution in [0.2, 0.25) is 0 Å². The van der Waals surface area contributed by atoms with Crippen LogP contribution < -0.4 is 0 Å². The largest absolute Gasteiger partial charge is 0.458 e. The van der Waals surface area contributed by atoms with Crippen molar-refractivity contribution in [2.75, 3.05) is 38.2 Å². The second-order valence-corrected chi connectivity index (χ2v) is 22.6. The molecule has 0 radical (unpaired) electrons. The van der Waals surface area contributed by atoms with E-state index < -0.39 is 82.5 Å². The van der Waals surface area contributed by atoms with Crippen LogP contribution in [0.3, 0.4) is 0 Å². The summed E-state index contributed by atoms with van der Waals surface area (Å²) in [6.07, 6.45) is 3.08. The first-order chi connectivity index (χ1) is 28.3. The number of aliphatic hydroxyl groups is 4. The summed E-state index contributed by atoms with van der Waals surface area (Å²) in [5.41, 5.74) is -0.897. The molecule has 7 fully saturated rings. The van der Waals surface area contributed by atoms with E-state index in [2.05, 4.69) is 11.8 Å². The van der Waals surface area contributed by atoms with Crippen LogP contribution in [-0.2, 0) is 47.8 Å². The summed E-state index contributed by atoms with van der Waals surface area (Å²) >= 11 is 0. The van der Waals surface area contributed by atoms with Crippen LogP contribution in [0.1, 0.15) is 105 Å². The van der Waals surface area contributed by atoms with Gasteiger partial charge in [-0.2, -0.15) is 0 Å². The van der Waals surface area contributed by atoms with Crippen LogP contribution in [0, 0.1) is 34.5 Å². The molecular weight excluding hydrogens is 799 g/mol. The SMILES string of the molecule is CC1CN(CCS(C)(=O)=O)CCC(O[C@H]2[C@@H](O)C[C@H](O[C@@H]3[C@@H](O)C[C@@H](O[C@H]4CC[C@@]5(C)[C@H](CC[C@@H]6[C@@H]5C[C@@H](O)[C@]5(C)[C@@H](C7=CC(=O)OC7)CC[C@]65O)C4)O[C@@H]3C)O[C@@H]2C)O1. The number of cyclic esters (lactones) is 1. The molecule has 3 saturated heterocycles. The van der Waals surface area contributed by atoms with Gasteiger partial charge in [-0.15, -0.1) is 0 Å². The topological polar surface area (TPSA) is 200 Å². The van der Waals surface area contributed by atoms with Gasteiger partial charge in [-0.25, -0.2) is 13.2 Å². The summed E-state index contributed by atoms with van der Waals surface area (Å²) in [5.74, 6) is 0.281. The highest BCUT2D eigenvalue weighted by atomic mass is 32.2. The maximum atomic E-state index is 12.6. The van der Waals surface area contributed by atoms with E-state index in [0.717, 1.165) is 44.1 Å². The van der Waals surface area contributed by atoms with E-state index in [1.807, 2.05) is 27.7 Å². The van der Waals surface area contributed by atoms with Gasteiger partial charge in [0.05, 0.1) is 54.1 Å². The number of nitrogens with zero attached hydrogens (tertiary/aromatic N) is 1. The Labute approximate surface area is 355 Å². The van der Waals surface area contributed by atoms with Crippen molar-refractivity contribution in [1.29, 1.82) is 0 Å². The molecule has 16 heteroatoms. The second kappa shape index (κ2) is 17.3. The Morgan fingerprint density at radius 2 is 1.48 bits per heavy atom. The number of ether oxygens (including phenoxy) is 7. The summed E-state index contributed by atoms with van der Waals surface area (Å²) in [6, 6.07) is 0. The van der Waals surface area contributed by atoms with Gasteiger partial charge in [-0.1, -0.05) is 13.8 Å². The van der Waals surface area contributed by atoms with E-state index in [1.165, 1.54) is 6.26 Å². The molecule has 19 atom stereocenters. The zero-order valence-electron chi connectivity index (χ0n) is 36.4. The van der Waals surface area contributed by atoms with Crippen molar-refractivity contribution in [1.82, 2.24) is 4.90 Å². The minimum Gasteiger partial charge on any atom is -0.458 e. The number of carbonyl (C=O) groups is 1. The summed E-state index contributed by atoms with van der Waals surface area (Å²) in [4.78, 5) is 14.0. The zero-order valence-corrected chi connectivity index (χ0v) is 37.2. The van der Waals surface area contributed by atoms with Gasteiger partial charge in [0.1, 0.15) is 28.7 Å². The summed E-state index contributed by atoms with van der Waals surface area (Å²) in [7, 11) is -3.08. The van der Waals surface area contributed by atoms with Crippen molar-refractivity contribution in [3.63, 3.8) is 0 Å². The summed E-state index contributed by atoms with van der Waals surface area (Å²) < 4.78 is 66.5.